The zero-order chi connectivity index (χ0) is 17.5. The average molecular weight is 350 g/mol. The highest BCUT2D eigenvalue weighted by molar-refractivity contribution is 7.13. The van der Waals surface area contributed by atoms with E-state index in [2.05, 4.69) is 20.8 Å². The molecule has 1 heterocycles. The number of nitrogens with zero attached hydrogens (tertiary/aromatic N) is 2. The summed E-state index contributed by atoms with van der Waals surface area (Å²) < 4.78 is 0. The summed E-state index contributed by atoms with van der Waals surface area (Å²) in [5.74, 6) is -0.564. The van der Waals surface area contributed by atoms with E-state index in [0.29, 0.717) is 10.7 Å². The number of rotatable bonds is 7. The maximum absolute atomic E-state index is 11.9. The molecule has 0 radical (unpaired) electrons. The molecule has 0 aliphatic rings. The van der Waals surface area contributed by atoms with Crippen molar-refractivity contribution in [3.8, 4) is 5.75 Å². The van der Waals surface area contributed by atoms with Crippen LogP contribution in [0.5, 0.6) is 5.75 Å². The van der Waals surface area contributed by atoms with Crippen LogP contribution >= 0.6 is 11.3 Å². The smallest absolute Gasteiger partial charge is 0.226 e. The van der Waals surface area contributed by atoms with Crippen molar-refractivity contribution >= 4 is 28.3 Å². The minimum Gasteiger partial charge on any atom is -0.508 e. The van der Waals surface area contributed by atoms with Crippen molar-refractivity contribution in [2.75, 3.05) is 5.32 Å². The van der Waals surface area contributed by atoms with Crippen LogP contribution in [0.25, 0.3) is 0 Å². The minimum absolute atomic E-state index is 0.00270. The second-order valence-corrected chi connectivity index (χ2v) is 6.02. The molecule has 0 spiro atoms. The van der Waals surface area contributed by atoms with Gasteiger partial charge in [0.1, 0.15) is 11.3 Å². The van der Waals surface area contributed by atoms with E-state index < -0.39 is 12.1 Å². The fraction of sp³-hybridized carbons (Fsp3) is 0.333. The first kappa shape index (κ1) is 17.8. The highest BCUT2D eigenvalue weighted by atomic mass is 32.1. The third-order valence-corrected chi connectivity index (χ3v) is 3.89. The topological polar surface area (TPSA) is 124 Å². The number of benzene rings is 1. The third-order valence-electron chi connectivity index (χ3n) is 3.28. The average Bonchev–Trinajstić information content (AvgIpc) is 3.06. The van der Waals surface area contributed by atoms with Crippen molar-refractivity contribution in [3.63, 3.8) is 0 Å². The minimum atomic E-state index is -0.912. The molecule has 4 N–H and O–H groups in total. The number of phenolic OH excluding ortho intramolecular Hbond substituents is 1. The van der Waals surface area contributed by atoms with Crippen LogP contribution in [0.2, 0.25) is 0 Å². The highest BCUT2D eigenvalue weighted by Crippen LogP contribution is 2.19. The van der Waals surface area contributed by atoms with Gasteiger partial charge in [-0.1, -0.05) is 23.5 Å². The van der Waals surface area contributed by atoms with Crippen molar-refractivity contribution in [3.05, 3.63) is 35.3 Å². The van der Waals surface area contributed by atoms with Gasteiger partial charge in [-0.2, -0.15) is 0 Å². The van der Waals surface area contributed by atoms with Gasteiger partial charge in [0.05, 0.1) is 12.1 Å². The number of nitrogens with one attached hydrogen (secondary N) is 2. The number of aromatic hydroxyl groups is 1. The van der Waals surface area contributed by atoms with E-state index in [1.807, 2.05) is 0 Å². The number of anilines is 1. The molecule has 1 aromatic carbocycles. The number of hydrogen-bond donors (Lipinski definition) is 4. The maximum Gasteiger partial charge on any atom is 0.226 e. The number of aliphatic hydroxyl groups excluding tert-OH is 1. The van der Waals surface area contributed by atoms with Gasteiger partial charge in [-0.25, -0.2) is 0 Å². The van der Waals surface area contributed by atoms with Gasteiger partial charge in [0, 0.05) is 12.8 Å². The van der Waals surface area contributed by atoms with Gasteiger partial charge in [0.2, 0.25) is 16.9 Å². The molecular formula is C15H18N4O4S. The maximum atomic E-state index is 11.9. The summed E-state index contributed by atoms with van der Waals surface area (Å²) in [6.45, 7) is 1.66. The van der Waals surface area contributed by atoms with Crippen LogP contribution in [0.3, 0.4) is 0 Å². The number of carbonyl (C=O) groups excluding carboxylic acids is 2. The van der Waals surface area contributed by atoms with Gasteiger partial charge in [0.25, 0.3) is 0 Å². The first-order chi connectivity index (χ1) is 11.5. The molecule has 8 nitrogen and oxygen atoms in total. The summed E-state index contributed by atoms with van der Waals surface area (Å²) in [7, 11) is 0. The second kappa shape index (κ2) is 8.37. The van der Waals surface area contributed by atoms with Crippen molar-refractivity contribution in [1.82, 2.24) is 15.5 Å². The lowest BCUT2D eigenvalue weighted by Gasteiger charge is -2.20. The van der Waals surface area contributed by atoms with Gasteiger partial charge >= 0.3 is 0 Å². The van der Waals surface area contributed by atoms with E-state index >= 15 is 0 Å². The van der Waals surface area contributed by atoms with Gasteiger partial charge in [-0.05, 0) is 24.6 Å². The Hall–Kier alpha value is -2.52. The van der Waals surface area contributed by atoms with Gasteiger partial charge < -0.3 is 20.8 Å². The molecule has 9 heteroatoms. The fourth-order valence-corrected chi connectivity index (χ4v) is 2.46. The Bertz CT molecular complexity index is 675. The molecule has 0 aliphatic heterocycles. The second-order valence-electron chi connectivity index (χ2n) is 5.18. The Morgan fingerprint density at radius 2 is 1.88 bits per heavy atom. The van der Waals surface area contributed by atoms with E-state index in [9.17, 15) is 19.8 Å². The van der Waals surface area contributed by atoms with Crippen molar-refractivity contribution in [2.24, 2.45) is 0 Å². The number of amides is 2. The normalized spacial score (nSPS) is 13.1. The van der Waals surface area contributed by atoms with Crippen LogP contribution in [0.1, 0.15) is 31.4 Å². The molecule has 0 fully saturated rings. The summed E-state index contributed by atoms with van der Waals surface area (Å²) in [4.78, 5) is 23.5. The van der Waals surface area contributed by atoms with Crippen molar-refractivity contribution in [2.45, 2.75) is 31.9 Å². The molecule has 2 atom stereocenters. The lowest BCUT2D eigenvalue weighted by Crippen LogP contribution is -2.37. The predicted molar refractivity (Wildman–Crippen MR) is 88.4 cm³/mol. The summed E-state index contributed by atoms with van der Waals surface area (Å²) in [6, 6.07) is 5.56. The Labute approximate surface area is 142 Å². The highest BCUT2D eigenvalue weighted by Gasteiger charge is 2.19. The van der Waals surface area contributed by atoms with Gasteiger partial charge in [-0.3, -0.25) is 9.59 Å². The first-order valence-corrected chi connectivity index (χ1v) is 8.16. The lowest BCUT2D eigenvalue weighted by atomic mass is 10.0. The first-order valence-electron chi connectivity index (χ1n) is 7.28. The Balaban J connectivity index is 1.76. The quantitative estimate of drug-likeness (QED) is 0.595. The molecule has 0 bridgehead atoms. The largest absolute Gasteiger partial charge is 0.508 e. The molecule has 0 saturated carbocycles. The summed E-state index contributed by atoms with van der Waals surface area (Å²) >= 11 is 1.19. The van der Waals surface area contributed by atoms with Crippen LogP contribution in [0.15, 0.2) is 29.8 Å². The van der Waals surface area contributed by atoms with Crippen LogP contribution in [0.4, 0.5) is 5.13 Å². The molecule has 24 heavy (non-hydrogen) atoms. The standard InChI is InChI=1S/C15H18N4O4S/c1-9(14(23)10-2-4-11(20)5-3-10)17-12(21)6-7-13(22)18-15-19-16-8-24-15/h2-5,8-9,14,20,23H,6-7H2,1H3,(H,17,21)(H,18,19,22)/t9-,14-/m1/s1. The Morgan fingerprint density at radius 3 is 2.50 bits per heavy atom. The van der Waals surface area contributed by atoms with Crippen LogP contribution in [0, 0.1) is 0 Å². The summed E-state index contributed by atoms with van der Waals surface area (Å²) in [5.41, 5.74) is 2.07. The molecule has 1 aromatic heterocycles. The number of aliphatic hydroxyl groups is 1. The molecule has 0 saturated heterocycles. The SMILES string of the molecule is C[C@@H](NC(=O)CCC(=O)Nc1nncs1)[C@@H](O)c1ccc(O)cc1. The van der Waals surface area contributed by atoms with Crippen LogP contribution < -0.4 is 10.6 Å². The van der Waals surface area contributed by atoms with Crippen molar-refractivity contribution in [1.29, 1.82) is 0 Å². The molecule has 2 aromatic rings. The molecule has 0 aliphatic carbocycles. The predicted octanol–water partition coefficient (Wildman–Crippen LogP) is 1.20. The van der Waals surface area contributed by atoms with Crippen molar-refractivity contribution < 1.29 is 19.8 Å². The van der Waals surface area contributed by atoms with Crippen LogP contribution in [-0.2, 0) is 9.59 Å². The summed E-state index contributed by atoms with van der Waals surface area (Å²) in [6.07, 6.45) is -0.908. The number of hydrogen-bond acceptors (Lipinski definition) is 7. The molecule has 0 unspecified atom stereocenters. The molecule has 2 amide bonds. The Kier molecular flexibility index (Phi) is 6.21. The lowest BCUT2D eigenvalue weighted by molar-refractivity contribution is -0.125. The van der Waals surface area contributed by atoms with E-state index in [-0.39, 0.29) is 30.4 Å². The zero-order valence-corrected chi connectivity index (χ0v) is 13.8. The third kappa shape index (κ3) is 5.28. The molecule has 128 valence electrons. The monoisotopic (exact) mass is 350 g/mol. The van der Waals surface area contributed by atoms with E-state index in [1.54, 1.807) is 19.1 Å². The molecule has 2 rings (SSSR count). The van der Waals surface area contributed by atoms with Gasteiger partial charge in [0.15, 0.2) is 0 Å². The van der Waals surface area contributed by atoms with E-state index in [4.69, 9.17) is 0 Å². The molecular weight excluding hydrogens is 332 g/mol. The number of aromatic nitrogens is 2. The zero-order valence-electron chi connectivity index (χ0n) is 13.0. The Morgan fingerprint density at radius 1 is 1.21 bits per heavy atom. The van der Waals surface area contributed by atoms with Gasteiger partial charge in [-0.15, -0.1) is 10.2 Å². The summed E-state index contributed by atoms with van der Waals surface area (Å²) in [5, 5.41) is 32.3. The number of carbonyl (C=O) groups is 2. The van der Waals surface area contributed by atoms with E-state index in [1.165, 1.54) is 29.0 Å². The van der Waals surface area contributed by atoms with Crippen LogP contribution in [-0.4, -0.2) is 38.3 Å². The fourth-order valence-electron chi connectivity index (χ4n) is 2.00. The van der Waals surface area contributed by atoms with E-state index in [0.717, 1.165) is 0 Å². The number of phenols is 1.